The number of nitrogens with zero attached hydrogens (tertiary/aromatic N) is 1. The van der Waals surface area contributed by atoms with Crippen molar-refractivity contribution in [2.24, 2.45) is 0 Å². The van der Waals surface area contributed by atoms with E-state index in [1.54, 1.807) is 18.7 Å². The van der Waals surface area contributed by atoms with Crippen LogP contribution in [-0.4, -0.2) is 41.6 Å². The summed E-state index contributed by atoms with van der Waals surface area (Å²) in [6.45, 7) is 3.02. The third-order valence-electron chi connectivity index (χ3n) is 4.96. The van der Waals surface area contributed by atoms with Crippen LogP contribution < -0.4 is 5.32 Å². The number of halogens is 1. The number of amides is 2. The van der Waals surface area contributed by atoms with Crippen molar-refractivity contribution in [1.82, 2.24) is 10.2 Å². The van der Waals surface area contributed by atoms with E-state index in [-0.39, 0.29) is 23.1 Å². The van der Waals surface area contributed by atoms with Crippen LogP contribution in [0.15, 0.2) is 54.6 Å². The molecule has 0 saturated carbocycles. The van der Waals surface area contributed by atoms with Crippen LogP contribution >= 0.6 is 23.4 Å². The van der Waals surface area contributed by atoms with Gasteiger partial charge in [0.1, 0.15) is 0 Å². The summed E-state index contributed by atoms with van der Waals surface area (Å²) in [5.74, 6) is 0.532. The first-order chi connectivity index (χ1) is 13.5. The Morgan fingerprint density at radius 3 is 2.29 bits per heavy atom. The highest BCUT2D eigenvalue weighted by molar-refractivity contribution is 8.00. The molecule has 0 unspecified atom stereocenters. The zero-order valence-corrected chi connectivity index (χ0v) is 17.5. The maximum atomic E-state index is 12.5. The van der Waals surface area contributed by atoms with Gasteiger partial charge in [0.15, 0.2) is 0 Å². The molecule has 1 heterocycles. The normalized spacial score (nSPS) is 15.9. The predicted octanol–water partition coefficient (Wildman–Crippen LogP) is 4.29. The van der Waals surface area contributed by atoms with Crippen LogP contribution in [0.1, 0.15) is 36.1 Å². The molecule has 0 radical (unpaired) electrons. The Kier molecular flexibility index (Phi) is 7.40. The van der Waals surface area contributed by atoms with Crippen LogP contribution in [0.25, 0.3) is 0 Å². The molecule has 0 spiro atoms. The van der Waals surface area contributed by atoms with Gasteiger partial charge in [-0.1, -0.05) is 54.1 Å². The highest BCUT2D eigenvalue weighted by atomic mass is 35.5. The van der Waals surface area contributed by atoms with Crippen molar-refractivity contribution in [2.75, 3.05) is 18.8 Å². The number of thioether (sulfide) groups is 1. The molecule has 2 aromatic carbocycles. The summed E-state index contributed by atoms with van der Waals surface area (Å²) in [6, 6.07) is 18.1. The maximum Gasteiger partial charge on any atom is 0.230 e. The molecule has 0 aliphatic carbocycles. The van der Waals surface area contributed by atoms with Crippen LogP contribution in [0.2, 0.25) is 5.02 Å². The van der Waals surface area contributed by atoms with E-state index in [1.165, 1.54) is 0 Å². The molecular formula is C22H25ClN2O2S. The molecule has 1 atom stereocenters. The van der Waals surface area contributed by atoms with Gasteiger partial charge < -0.3 is 10.2 Å². The first kappa shape index (κ1) is 20.7. The first-order valence-corrected chi connectivity index (χ1v) is 10.9. The minimum Gasteiger partial charge on any atom is -0.353 e. The van der Waals surface area contributed by atoms with Gasteiger partial charge in [0, 0.05) is 31.1 Å². The number of benzene rings is 2. The molecule has 1 aliphatic rings. The zero-order valence-electron chi connectivity index (χ0n) is 15.9. The molecule has 1 aliphatic heterocycles. The van der Waals surface area contributed by atoms with Gasteiger partial charge in [-0.15, -0.1) is 11.8 Å². The molecule has 148 valence electrons. The smallest absolute Gasteiger partial charge is 0.230 e. The van der Waals surface area contributed by atoms with Crippen LogP contribution in [0.5, 0.6) is 0 Å². The van der Waals surface area contributed by atoms with E-state index in [2.05, 4.69) is 17.4 Å². The van der Waals surface area contributed by atoms with Crippen molar-refractivity contribution in [3.8, 4) is 0 Å². The highest BCUT2D eigenvalue weighted by Gasteiger charge is 2.23. The quantitative estimate of drug-likeness (QED) is 0.764. The number of rotatable bonds is 6. The van der Waals surface area contributed by atoms with E-state index >= 15 is 0 Å². The van der Waals surface area contributed by atoms with Crippen molar-refractivity contribution in [3.63, 3.8) is 0 Å². The van der Waals surface area contributed by atoms with E-state index in [0.717, 1.165) is 24.0 Å². The van der Waals surface area contributed by atoms with Gasteiger partial charge in [-0.25, -0.2) is 0 Å². The second-order valence-corrected chi connectivity index (χ2v) is 8.53. The number of hydrogen-bond donors (Lipinski definition) is 1. The number of carbonyl (C=O) groups excluding carboxylic acids is 2. The minimum atomic E-state index is 0.0427. The number of hydrogen-bond acceptors (Lipinski definition) is 3. The van der Waals surface area contributed by atoms with Gasteiger partial charge >= 0.3 is 0 Å². The molecule has 3 rings (SSSR count). The lowest BCUT2D eigenvalue weighted by Crippen LogP contribution is -2.46. The van der Waals surface area contributed by atoms with Gasteiger partial charge in [0.2, 0.25) is 11.8 Å². The molecule has 2 aromatic rings. The lowest BCUT2D eigenvalue weighted by molar-refractivity contribution is -0.130. The second kappa shape index (κ2) is 9.99. The molecule has 6 heteroatoms. The van der Waals surface area contributed by atoms with Crippen molar-refractivity contribution < 1.29 is 9.59 Å². The summed E-state index contributed by atoms with van der Waals surface area (Å²) in [4.78, 5) is 25.8. The Morgan fingerprint density at radius 2 is 1.68 bits per heavy atom. The molecule has 4 nitrogen and oxygen atoms in total. The van der Waals surface area contributed by atoms with Crippen LogP contribution in [0.3, 0.4) is 0 Å². The zero-order chi connectivity index (χ0) is 19.9. The summed E-state index contributed by atoms with van der Waals surface area (Å²) in [5.41, 5.74) is 2.29. The van der Waals surface area contributed by atoms with Gasteiger partial charge in [-0.2, -0.15) is 0 Å². The minimum absolute atomic E-state index is 0.0427. The lowest BCUT2D eigenvalue weighted by atomic mass is 10.0. The fourth-order valence-corrected chi connectivity index (χ4v) is 4.64. The van der Waals surface area contributed by atoms with Crippen LogP contribution in [0.4, 0.5) is 0 Å². The van der Waals surface area contributed by atoms with Crippen molar-refractivity contribution >= 4 is 35.2 Å². The Balaban J connectivity index is 1.58. The predicted molar refractivity (Wildman–Crippen MR) is 116 cm³/mol. The summed E-state index contributed by atoms with van der Waals surface area (Å²) < 4.78 is 0. The third kappa shape index (κ3) is 5.76. The summed E-state index contributed by atoms with van der Waals surface area (Å²) in [7, 11) is 0. The van der Waals surface area contributed by atoms with Crippen LogP contribution in [0, 0.1) is 0 Å². The SMILES string of the molecule is CC(=O)N1CCC(NC(=O)CS[C@H](c2ccccc2)c2ccc(Cl)cc2)CC1. The maximum absolute atomic E-state index is 12.5. The standard InChI is InChI=1S/C22H25ClN2O2S/c1-16(26)25-13-11-20(12-14-25)24-21(27)15-28-22(17-5-3-2-4-6-17)18-7-9-19(23)10-8-18/h2-10,20,22H,11-15H2,1H3,(H,24,27)/t22-/m1/s1. The number of nitrogens with one attached hydrogen (secondary N) is 1. The van der Waals surface area contributed by atoms with E-state index < -0.39 is 0 Å². The fourth-order valence-electron chi connectivity index (χ4n) is 3.42. The summed E-state index contributed by atoms with van der Waals surface area (Å²) >= 11 is 7.65. The third-order valence-corrected chi connectivity index (χ3v) is 6.52. The molecule has 2 amide bonds. The lowest BCUT2D eigenvalue weighted by Gasteiger charge is -2.31. The molecule has 0 bridgehead atoms. The number of carbonyl (C=O) groups is 2. The Labute approximate surface area is 175 Å². The van der Waals surface area contributed by atoms with E-state index in [9.17, 15) is 9.59 Å². The molecule has 28 heavy (non-hydrogen) atoms. The van der Waals surface area contributed by atoms with E-state index in [1.807, 2.05) is 47.4 Å². The first-order valence-electron chi connectivity index (χ1n) is 9.50. The second-order valence-electron chi connectivity index (χ2n) is 7.00. The number of likely N-dealkylation sites (tertiary alicyclic amines) is 1. The van der Waals surface area contributed by atoms with Gasteiger partial charge in [-0.05, 0) is 36.1 Å². The van der Waals surface area contributed by atoms with Gasteiger partial charge in [-0.3, -0.25) is 9.59 Å². The summed E-state index contributed by atoms with van der Waals surface area (Å²) in [6.07, 6.45) is 1.63. The Morgan fingerprint density at radius 1 is 1.07 bits per heavy atom. The Bertz CT molecular complexity index is 790. The van der Waals surface area contributed by atoms with Gasteiger partial charge in [0.25, 0.3) is 0 Å². The average molecular weight is 417 g/mol. The number of piperidine rings is 1. The van der Waals surface area contributed by atoms with Crippen LogP contribution in [-0.2, 0) is 9.59 Å². The molecule has 0 aromatic heterocycles. The molecule has 1 N–H and O–H groups in total. The largest absolute Gasteiger partial charge is 0.353 e. The van der Waals surface area contributed by atoms with Crippen molar-refractivity contribution in [1.29, 1.82) is 0 Å². The topological polar surface area (TPSA) is 49.4 Å². The Hall–Kier alpha value is -1.98. The monoisotopic (exact) mass is 416 g/mol. The van der Waals surface area contributed by atoms with Crippen molar-refractivity contribution in [2.45, 2.75) is 31.1 Å². The van der Waals surface area contributed by atoms with E-state index in [4.69, 9.17) is 11.6 Å². The fraction of sp³-hybridized carbons (Fsp3) is 0.364. The highest BCUT2D eigenvalue weighted by Crippen LogP contribution is 2.35. The van der Waals surface area contributed by atoms with Gasteiger partial charge in [0.05, 0.1) is 11.0 Å². The van der Waals surface area contributed by atoms with Crippen molar-refractivity contribution in [3.05, 3.63) is 70.7 Å². The van der Waals surface area contributed by atoms with E-state index in [0.29, 0.717) is 23.9 Å². The molecule has 1 fully saturated rings. The summed E-state index contributed by atoms with van der Waals surface area (Å²) in [5, 5.41) is 3.90. The molecule has 1 saturated heterocycles. The average Bonchev–Trinajstić information content (AvgIpc) is 2.70. The molecular weight excluding hydrogens is 392 g/mol.